The summed E-state index contributed by atoms with van der Waals surface area (Å²) in [5.41, 5.74) is -0.498. The molecule has 0 aromatic rings. The largest absolute Gasteiger partial charge is 0.396 e. The van der Waals surface area contributed by atoms with Gasteiger partial charge in [-0.05, 0) is 75.0 Å². The van der Waals surface area contributed by atoms with Crippen LogP contribution in [0.2, 0.25) is 0 Å². The van der Waals surface area contributed by atoms with Crippen LogP contribution in [0.15, 0.2) is 0 Å². The number of rotatable bonds is 3. The van der Waals surface area contributed by atoms with E-state index in [-0.39, 0.29) is 12.0 Å². The third-order valence-electron chi connectivity index (χ3n) is 5.78. The van der Waals surface area contributed by atoms with Crippen LogP contribution in [0.1, 0.15) is 51.9 Å². The van der Waals surface area contributed by atoms with E-state index < -0.39 is 5.60 Å². The van der Waals surface area contributed by atoms with Crippen LogP contribution in [0.3, 0.4) is 0 Å². The number of aliphatic hydroxyl groups excluding tert-OH is 1. The van der Waals surface area contributed by atoms with Crippen LogP contribution in [-0.4, -0.2) is 22.4 Å². The van der Waals surface area contributed by atoms with E-state index in [1.807, 2.05) is 6.92 Å². The van der Waals surface area contributed by atoms with Crippen molar-refractivity contribution in [2.45, 2.75) is 57.5 Å². The molecular formula is C14H24O2. The lowest BCUT2D eigenvalue weighted by Gasteiger charge is -2.61. The van der Waals surface area contributed by atoms with Gasteiger partial charge in [0.25, 0.3) is 0 Å². The predicted molar refractivity (Wildman–Crippen MR) is 62.9 cm³/mol. The smallest absolute Gasteiger partial charge is 0.0697 e. The van der Waals surface area contributed by atoms with Crippen molar-refractivity contribution in [3.05, 3.63) is 0 Å². The fourth-order valence-electron chi connectivity index (χ4n) is 5.25. The summed E-state index contributed by atoms with van der Waals surface area (Å²) in [5.74, 6) is 2.62. The van der Waals surface area contributed by atoms with Crippen LogP contribution in [0.5, 0.6) is 0 Å². The van der Waals surface area contributed by atoms with Crippen molar-refractivity contribution in [3.63, 3.8) is 0 Å². The molecule has 92 valence electrons. The second-order valence-corrected chi connectivity index (χ2v) is 6.95. The summed E-state index contributed by atoms with van der Waals surface area (Å²) in [6.45, 7) is 2.09. The van der Waals surface area contributed by atoms with Gasteiger partial charge in [-0.25, -0.2) is 0 Å². The van der Waals surface area contributed by atoms with Gasteiger partial charge in [-0.2, -0.15) is 0 Å². The summed E-state index contributed by atoms with van der Waals surface area (Å²) in [5, 5.41) is 19.9. The Morgan fingerprint density at radius 2 is 1.50 bits per heavy atom. The molecule has 0 amide bonds. The van der Waals surface area contributed by atoms with Gasteiger partial charge in [-0.1, -0.05) is 0 Å². The Hall–Kier alpha value is -0.0800. The molecule has 16 heavy (non-hydrogen) atoms. The van der Waals surface area contributed by atoms with Gasteiger partial charge < -0.3 is 10.2 Å². The molecule has 0 spiro atoms. The fourth-order valence-corrected chi connectivity index (χ4v) is 5.25. The van der Waals surface area contributed by atoms with Crippen molar-refractivity contribution in [3.8, 4) is 0 Å². The van der Waals surface area contributed by atoms with E-state index in [0.717, 1.165) is 17.8 Å². The molecule has 0 heterocycles. The van der Waals surface area contributed by atoms with Crippen LogP contribution in [0.25, 0.3) is 0 Å². The van der Waals surface area contributed by atoms with Gasteiger partial charge in [0.15, 0.2) is 0 Å². The van der Waals surface area contributed by atoms with E-state index in [0.29, 0.717) is 6.42 Å². The molecule has 4 rings (SSSR count). The quantitative estimate of drug-likeness (QED) is 0.772. The third kappa shape index (κ3) is 1.46. The topological polar surface area (TPSA) is 40.5 Å². The maximum absolute atomic E-state index is 10.7. The van der Waals surface area contributed by atoms with Gasteiger partial charge >= 0.3 is 0 Å². The molecule has 0 aliphatic heterocycles. The van der Waals surface area contributed by atoms with Crippen molar-refractivity contribution < 1.29 is 10.2 Å². The summed E-state index contributed by atoms with van der Waals surface area (Å²) in [4.78, 5) is 0. The van der Waals surface area contributed by atoms with E-state index >= 15 is 0 Å². The summed E-state index contributed by atoms with van der Waals surface area (Å²) >= 11 is 0. The summed E-state index contributed by atoms with van der Waals surface area (Å²) in [6.07, 6.45) is 8.43. The van der Waals surface area contributed by atoms with Gasteiger partial charge in [0.2, 0.25) is 0 Å². The average Bonchev–Trinajstić information content (AvgIpc) is 2.14. The van der Waals surface area contributed by atoms with Crippen LogP contribution in [0.4, 0.5) is 0 Å². The molecular weight excluding hydrogens is 200 g/mol. The van der Waals surface area contributed by atoms with Crippen molar-refractivity contribution in [1.29, 1.82) is 0 Å². The van der Waals surface area contributed by atoms with E-state index in [2.05, 4.69) is 0 Å². The van der Waals surface area contributed by atoms with E-state index in [1.165, 1.54) is 38.5 Å². The Kier molecular flexibility index (Phi) is 2.38. The second kappa shape index (κ2) is 3.46. The first-order chi connectivity index (χ1) is 7.55. The first-order valence-corrected chi connectivity index (χ1v) is 6.88. The molecule has 4 aliphatic rings. The number of hydrogen-bond donors (Lipinski definition) is 2. The van der Waals surface area contributed by atoms with Crippen LogP contribution in [0, 0.1) is 23.2 Å². The highest BCUT2D eigenvalue weighted by Crippen LogP contribution is 2.64. The minimum absolute atomic E-state index is 0.120. The van der Waals surface area contributed by atoms with Gasteiger partial charge in [-0.3, -0.25) is 0 Å². The monoisotopic (exact) mass is 224 g/mol. The van der Waals surface area contributed by atoms with Gasteiger partial charge in [-0.15, -0.1) is 0 Å². The lowest BCUT2D eigenvalue weighted by molar-refractivity contribution is -0.176. The van der Waals surface area contributed by atoms with Crippen molar-refractivity contribution in [2.75, 3.05) is 6.61 Å². The summed E-state index contributed by atoms with van der Waals surface area (Å²) < 4.78 is 0. The molecule has 2 N–H and O–H groups in total. The Morgan fingerprint density at radius 1 is 1.06 bits per heavy atom. The lowest BCUT2D eigenvalue weighted by Crippen LogP contribution is -2.57. The normalized spacial score (nSPS) is 49.3. The third-order valence-corrected chi connectivity index (χ3v) is 5.78. The van der Waals surface area contributed by atoms with Crippen LogP contribution >= 0.6 is 0 Å². The predicted octanol–water partition coefficient (Wildman–Crippen LogP) is 2.34. The van der Waals surface area contributed by atoms with E-state index in [9.17, 15) is 5.11 Å². The lowest BCUT2D eigenvalue weighted by atomic mass is 9.45. The zero-order valence-electron chi connectivity index (χ0n) is 10.3. The molecule has 1 unspecified atom stereocenters. The molecule has 4 fully saturated rings. The van der Waals surface area contributed by atoms with Gasteiger partial charge in [0.05, 0.1) is 5.60 Å². The molecule has 0 aromatic heterocycles. The van der Waals surface area contributed by atoms with Crippen LogP contribution < -0.4 is 0 Å². The average molecular weight is 224 g/mol. The summed E-state index contributed by atoms with van der Waals surface area (Å²) in [7, 11) is 0. The standard InChI is InChI=1S/C14H24O2/c1-13(16,2-3-15)14-7-10-4-11(8-14)6-12(5-10)9-14/h10-12,15-16H,2-9H2,1H3. The first kappa shape index (κ1) is 11.0. The maximum Gasteiger partial charge on any atom is 0.0697 e. The van der Waals surface area contributed by atoms with Crippen molar-refractivity contribution >= 4 is 0 Å². The van der Waals surface area contributed by atoms with Gasteiger partial charge in [0.1, 0.15) is 0 Å². The highest BCUT2D eigenvalue weighted by atomic mass is 16.3. The van der Waals surface area contributed by atoms with Gasteiger partial charge in [0, 0.05) is 6.61 Å². The molecule has 0 saturated heterocycles. The Morgan fingerprint density at radius 3 is 1.88 bits per heavy atom. The molecule has 4 aliphatic carbocycles. The number of hydrogen-bond acceptors (Lipinski definition) is 2. The fraction of sp³-hybridized carbons (Fsp3) is 1.00. The Balaban J connectivity index is 1.88. The van der Waals surface area contributed by atoms with E-state index in [1.54, 1.807) is 0 Å². The molecule has 2 heteroatoms. The summed E-state index contributed by atoms with van der Waals surface area (Å²) in [6, 6.07) is 0. The van der Waals surface area contributed by atoms with Crippen molar-refractivity contribution in [2.24, 2.45) is 23.2 Å². The Labute approximate surface area is 98.1 Å². The Bertz CT molecular complexity index is 247. The SMILES string of the molecule is CC(O)(CCO)C12CC3CC(CC(C3)C1)C2. The molecule has 2 nitrogen and oxygen atoms in total. The van der Waals surface area contributed by atoms with Crippen LogP contribution in [-0.2, 0) is 0 Å². The first-order valence-electron chi connectivity index (χ1n) is 6.88. The molecule has 1 atom stereocenters. The molecule has 0 radical (unpaired) electrons. The highest BCUT2D eigenvalue weighted by molar-refractivity contribution is 5.08. The number of aliphatic hydroxyl groups is 2. The van der Waals surface area contributed by atoms with E-state index in [4.69, 9.17) is 5.11 Å². The zero-order chi connectivity index (χ0) is 11.4. The minimum Gasteiger partial charge on any atom is -0.396 e. The second-order valence-electron chi connectivity index (χ2n) is 6.95. The molecule has 4 bridgehead atoms. The zero-order valence-corrected chi connectivity index (χ0v) is 10.3. The minimum atomic E-state index is -0.641. The molecule has 0 aromatic carbocycles. The highest BCUT2D eigenvalue weighted by Gasteiger charge is 2.57. The van der Waals surface area contributed by atoms with Crippen molar-refractivity contribution in [1.82, 2.24) is 0 Å². The maximum atomic E-state index is 10.7. The molecule has 4 saturated carbocycles.